The van der Waals surface area contributed by atoms with Crippen LogP contribution in [0.5, 0.6) is 11.5 Å². The number of rotatable bonds is 5. The van der Waals surface area contributed by atoms with Crippen molar-refractivity contribution in [3.05, 3.63) is 52.6 Å². The number of hydrogen-bond donors (Lipinski definition) is 1. The van der Waals surface area contributed by atoms with Crippen LogP contribution in [0.3, 0.4) is 0 Å². The Bertz CT molecular complexity index is 1160. The molecule has 2 aromatic heterocycles. The van der Waals surface area contributed by atoms with Crippen LogP contribution in [0.25, 0.3) is 17.0 Å². The summed E-state index contributed by atoms with van der Waals surface area (Å²) in [4.78, 5) is 8.98. The summed E-state index contributed by atoms with van der Waals surface area (Å²) in [5.41, 5.74) is 3.36. The third kappa shape index (κ3) is 3.24. The topological polar surface area (TPSA) is 87.0 Å². The Morgan fingerprint density at radius 1 is 1.11 bits per heavy atom. The van der Waals surface area contributed by atoms with Gasteiger partial charge < -0.3 is 14.8 Å². The number of anilines is 2. The molecule has 9 heteroatoms. The molecule has 4 rings (SSSR count). The van der Waals surface area contributed by atoms with E-state index in [0.29, 0.717) is 27.7 Å². The van der Waals surface area contributed by atoms with Crippen molar-refractivity contribution in [2.24, 2.45) is 0 Å². The molecule has 0 aliphatic carbocycles. The molecule has 0 spiro atoms. The summed E-state index contributed by atoms with van der Waals surface area (Å²) in [7, 11) is 3.23. The predicted molar refractivity (Wildman–Crippen MR) is 110 cm³/mol. The largest absolute Gasteiger partial charge is 0.493 e. The summed E-state index contributed by atoms with van der Waals surface area (Å²) in [6.45, 7) is 1.95. The number of benzene rings is 2. The quantitative estimate of drug-likeness (QED) is 0.500. The SMILES string of the molecule is COc1cc(Nc2nc(-n3nnc4ccccc43)ncc2Br)cc(C)c1OC. The van der Waals surface area contributed by atoms with Gasteiger partial charge in [0.1, 0.15) is 11.3 Å². The number of halogens is 1. The second-order valence-electron chi connectivity index (χ2n) is 6.01. The molecule has 0 aliphatic rings. The summed E-state index contributed by atoms with van der Waals surface area (Å²) in [6.07, 6.45) is 1.68. The number of aromatic nitrogens is 5. The van der Waals surface area contributed by atoms with Gasteiger partial charge in [-0.25, -0.2) is 4.98 Å². The molecule has 0 saturated heterocycles. The Kier molecular flexibility index (Phi) is 4.82. The van der Waals surface area contributed by atoms with Crippen molar-refractivity contribution in [2.75, 3.05) is 19.5 Å². The predicted octanol–water partition coefficient (Wildman–Crippen LogP) is 4.04. The number of ether oxygens (including phenoxy) is 2. The van der Waals surface area contributed by atoms with Crippen LogP contribution in [-0.4, -0.2) is 39.2 Å². The number of nitrogens with one attached hydrogen (secondary N) is 1. The summed E-state index contributed by atoms with van der Waals surface area (Å²) < 4.78 is 13.1. The van der Waals surface area contributed by atoms with Crippen molar-refractivity contribution in [1.82, 2.24) is 25.0 Å². The van der Waals surface area contributed by atoms with Crippen LogP contribution in [0, 0.1) is 6.92 Å². The summed E-state index contributed by atoms with van der Waals surface area (Å²) in [5, 5.41) is 11.6. The molecule has 0 saturated carbocycles. The summed E-state index contributed by atoms with van der Waals surface area (Å²) in [6, 6.07) is 11.5. The van der Waals surface area contributed by atoms with Gasteiger partial charge in [-0.05, 0) is 46.6 Å². The van der Waals surface area contributed by atoms with Crippen molar-refractivity contribution in [3.8, 4) is 17.4 Å². The molecule has 0 fully saturated rings. The number of aryl methyl sites for hydroxylation is 1. The van der Waals surface area contributed by atoms with E-state index in [0.717, 1.165) is 22.3 Å². The summed E-state index contributed by atoms with van der Waals surface area (Å²) >= 11 is 3.49. The van der Waals surface area contributed by atoms with Crippen LogP contribution in [-0.2, 0) is 0 Å². The van der Waals surface area contributed by atoms with Gasteiger partial charge in [-0.3, -0.25) is 0 Å². The average Bonchev–Trinajstić information content (AvgIpc) is 3.13. The molecule has 0 aliphatic heterocycles. The van der Waals surface area contributed by atoms with E-state index >= 15 is 0 Å². The van der Waals surface area contributed by atoms with E-state index in [1.54, 1.807) is 25.1 Å². The Labute approximate surface area is 169 Å². The second-order valence-corrected chi connectivity index (χ2v) is 6.86. The zero-order valence-electron chi connectivity index (χ0n) is 15.5. The van der Waals surface area contributed by atoms with Crippen molar-refractivity contribution in [1.29, 1.82) is 0 Å². The fourth-order valence-corrected chi connectivity index (χ4v) is 3.22. The highest BCUT2D eigenvalue weighted by Crippen LogP contribution is 2.35. The Morgan fingerprint density at radius 3 is 2.71 bits per heavy atom. The fraction of sp³-hybridized carbons (Fsp3) is 0.158. The zero-order chi connectivity index (χ0) is 19.7. The van der Waals surface area contributed by atoms with Crippen molar-refractivity contribution in [2.45, 2.75) is 6.92 Å². The van der Waals surface area contributed by atoms with E-state index < -0.39 is 0 Å². The van der Waals surface area contributed by atoms with E-state index in [-0.39, 0.29) is 0 Å². The van der Waals surface area contributed by atoms with Gasteiger partial charge in [-0.1, -0.05) is 17.3 Å². The molecule has 0 atom stereocenters. The first-order valence-corrected chi connectivity index (χ1v) is 9.23. The highest BCUT2D eigenvalue weighted by atomic mass is 79.9. The Balaban J connectivity index is 1.73. The third-order valence-corrected chi connectivity index (χ3v) is 4.78. The molecule has 0 unspecified atom stereocenters. The van der Waals surface area contributed by atoms with Crippen LogP contribution >= 0.6 is 15.9 Å². The van der Waals surface area contributed by atoms with Crippen LogP contribution in [0.2, 0.25) is 0 Å². The van der Waals surface area contributed by atoms with Gasteiger partial charge in [0.25, 0.3) is 5.95 Å². The van der Waals surface area contributed by atoms with Crippen molar-refractivity contribution < 1.29 is 9.47 Å². The Morgan fingerprint density at radius 2 is 1.93 bits per heavy atom. The van der Waals surface area contributed by atoms with Gasteiger partial charge in [0.05, 0.1) is 24.2 Å². The first-order valence-electron chi connectivity index (χ1n) is 8.43. The van der Waals surface area contributed by atoms with E-state index in [2.05, 4.69) is 41.5 Å². The Hall–Kier alpha value is -3.20. The highest BCUT2D eigenvalue weighted by Gasteiger charge is 2.14. The fourth-order valence-electron chi connectivity index (χ4n) is 2.93. The molecular weight excluding hydrogens is 424 g/mol. The molecule has 0 amide bonds. The van der Waals surface area contributed by atoms with Gasteiger partial charge in [0, 0.05) is 18.0 Å². The minimum absolute atomic E-state index is 0.414. The minimum Gasteiger partial charge on any atom is -0.493 e. The van der Waals surface area contributed by atoms with Gasteiger partial charge in [-0.2, -0.15) is 9.67 Å². The van der Waals surface area contributed by atoms with Crippen molar-refractivity contribution in [3.63, 3.8) is 0 Å². The maximum atomic E-state index is 5.42. The first kappa shape index (κ1) is 18.2. The summed E-state index contributed by atoms with van der Waals surface area (Å²) in [5.74, 6) is 2.34. The molecule has 1 N–H and O–H groups in total. The lowest BCUT2D eigenvalue weighted by Gasteiger charge is -2.14. The number of para-hydroxylation sites is 1. The van der Waals surface area contributed by atoms with E-state index in [4.69, 9.17) is 9.47 Å². The molecule has 2 heterocycles. The number of nitrogens with zero attached hydrogens (tertiary/aromatic N) is 5. The smallest absolute Gasteiger partial charge is 0.254 e. The van der Waals surface area contributed by atoms with Gasteiger partial charge >= 0.3 is 0 Å². The first-order chi connectivity index (χ1) is 13.6. The number of fused-ring (bicyclic) bond motifs is 1. The van der Waals surface area contributed by atoms with E-state index in [1.807, 2.05) is 43.3 Å². The van der Waals surface area contributed by atoms with Crippen LogP contribution in [0.4, 0.5) is 11.5 Å². The maximum absolute atomic E-state index is 5.42. The average molecular weight is 441 g/mol. The van der Waals surface area contributed by atoms with Gasteiger partial charge in [-0.15, -0.1) is 5.10 Å². The minimum atomic E-state index is 0.414. The lowest BCUT2D eigenvalue weighted by molar-refractivity contribution is 0.353. The van der Waals surface area contributed by atoms with E-state index in [1.165, 1.54) is 0 Å². The third-order valence-electron chi connectivity index (χ3n) is 4.20. The molecule has 8 nitrogen and oxygen atoms in total. The normalized spacial score (nSPS) is 10.9. The molecule has 2 aromatic carbocycles. The monoisotopic (exact) mass is 440 g/mol. The molecule has 4 aromatic rings. The van der Waals surface area contributed by atoms with Crippen LogP contribution in [0.15, 0.2) is 47.1 Å². The number of methoxy groups -OCH3 is 2. The number of hydrogen-bond acceptors (Lipinski definition) is 7. The van der Waals surface area contributed by atoms with Crippen LogP contribution in [0.1, 0.15) is 5.56 Å². The molecule has 28 heavy (non-hydrogen) atoms. The standard InChI is InChI=1S/C19H17BrN6O2/c1-11-8-12(9-16(27-2)17(11)28-3)22-18-13(20)10-21-19(23-18)26-15-7-5-4-6-14(15)24-25-26/h4-10H,1-3H3,(H,21,22,23). The van der Waals surface area contributed by atoms with Gasteiger partial charge in [0.2, 0.25) is 0 Å². The lowest BCUT2D eigenvalue weighted by atomic mass is 10.2. The van der Waals surface area contributed by atoms with Crippen LogP contribution < -0.4 is 14.8 Å². The highest BCUT2D eigenvalue weighted by molar-refractivity contribution is 9.10. The van der Waals surface area contributed by atoms with E-state index in [9.17, 15) is 0 Å². The molecule has 142 valence electrons. The molecule has 0 radical (unpaired) electrons. The molecule has 0 bridgehead atoms. The lowest BCUT2D eigenvalue weighted by Crippen LogP contribution is -2.06. The molecular formula is C19H17BrN6O2. The van der Waals surface area contributed by atoms with Crippen molar-refractivity contribution >= 4 is 38.5 Å². The second kappa shape index (κ2) is 7.43. The van der Waals surface area contributed by atoms with Gasteiger partial charge in [0.15, 0.2) is 11.5 Å². The zero-order valence-corrected chi connectivity index (χ0v) is 17.1. The maximum Gasteiger partial charge on any atom is 0.254 e.